The van der Waals surface area contributed by atoms with Crippen molar-refractivity contribution >= 4 is 39.1 Å². The predicted octanol–water partition coefficient (Wildman–Crippen LogP) is 4.91. The van der Waals surface area contributed by atoms with E-state index in [1.54, 1.807) is 19.1 Å². The largest absolute Gasteiger partial charge is 0.416 e. The topological polar surface area (TPSA) is 86.8 Å². The number of hydrogen-bond donors (Lipinski definition) is 1. The minimum Gasteiger partial charge on any atom is -0.352 e. The average Bonchev–Trinajstić information content (AvgIpc) is 3.33. The van der Waals surface area contributed by atoms with Gasteiger partial charge in [-0.05, 0) is 50.5 Å². The number of hydrogen-bond acceptors (Lipinski definition) is 4. The van der Waals surface area contributed by atoms with Crippen LogP contribution in [0.4, 0.5) is 18.9 Å². The van der Waals surface area contributed by atoms with E-state index in [9.17, 15) is 31.2 Å². The number of nitrogens with zero attached hydrogens (tertiary/aromatic N) is 2. The number of benzene rings is 2. The van der Waals surface area contributed by atoms with Gasteiger partial charge in [-0.2, -0.15) is 13.2 Å². The van der Waals surface area contributed by atoms with Gasteiger partial charge in [0.25, 0.3) is 0 Å². The van der Waals surface area contributed by atoms with E-state index >= 15 is 0 Å². The monoisotopic (exact) mass is 573 g/mol. The second-order valence-corrected chi connectivity index (χ2v) is 11.9. The highest BCUT2D eigenvalue weighted by Crippen LogP contribution is 2.36. The Hall–Kier alpha value is -2.79. The van der Waals surface area contributed by atoms with E-state index in [4.69, 9.17) is 11.6 Å². The number of alkyl halides is 3. The van der Waals surface area contributed by atoms with Gasteiger partial charge in [0.1, 0.15) is 12.6 Å². The third-order valence-electron chi connectivity index (χ3n) is 6.56. The van der Waals surface area contributed by atoms with Gasteiger partial charge in [0.05, 0.1) is 22.5 Å². The molecule has 0 radical (unpaired) electrons. The molecule has 1 aliphatic rings. The van der Waals surface area contributed by atoms with Gasteiger partial charge in [0.15, 0.2) is 0 Å². The molecule has 0 bridgehead atoms. The zero-order valence-electron chi connectivity index (χ0n) is 21.4. The molecule has 1 N–H and O–H groups in total. The summed E-state index contributed by atoms with van der Waals surface area (Å²) in [6.45, 7) is 2.59. The summed E-state index contributed by atoms with van der Waals surface area (Å²) < 4.78 is 65.9. The van der Waals surface area contributed by atoms with Gasteiger partial charge in [-0.25, -0.2) is 8.42 Å². The second kappa shape index (κ2) is 11.9. The Morgan fingerprint density at radius 3 is 2.26 bits per heavy atom. The van der Waals surface area contributed by atoms with E-state index in [1.165, 1.54) is 4.90 Å². The molecule has 0 spiro atoms. The van der Waals surface area contributed by atoms with Crippen molar-refractivity contribution in [1.82, 2.24) is 10.2 Å². The van der Waals surface area contributed by atoms with Crippen molar-refractivity contribution in [1.29, 1.82) is 0 Å². The van der Waals surface area contributed by atoms with E-state index in [0.717, 1.165) is 49.6 Å². The van der Waals surface area contributed by atoms with Gasteiger partial charge in [0.2, 0.25) is 21.8 Å². The van der Waals surface area contributed by atoms with E-state index in [2.05, 4.69) is 5.32 Å². The minimum atomic E-state index is -4.75. The highest BCUT2D eigenvalue weighted by Gasteiger charge is 2.35. The summed E-state index contributed by atoms with van der Waals surface area (Å²) in [5, 5.41) is 2.68. The van der Waals surface area contributed by atoms with Crippen LogP contribution in [0.25, 0.3) is 0 Å². The maximum Gasteiger partial charge on any atom is 0.416 e. The van der Waals surface area contributed by atoms with E-state index in [1.807, 2.05) is 19.1 Å². The van der Waals surface area contributed by atoms with Crippen molar-refractivity contribution in [3.63, 3.8) is 0 Å². The molecule has 1 saturated carbocycles. The lowest BCUT2D eigenvalue weighted by Crippen LogP contribution is -2.52. The SMILES string of the molecule is Cc1ccc(CN(C(=O)CN(c2cc(C(F)(F)F)ccc2Cl)S(C)(=O)=O)[C@@H](C)C(=O)NC2CCCC2)cc1. The number of halogens is 4. The first-order chi connectivity index (χ1) is 17.7. The molecular formula is C26H31ClF3N3O4S. The van der Waals surface area contributed by atoms with Crippen LogP contribution in [-0.2, 0) is 32.3 Å². The van der Waals surface area contributed by atoms with Crippen molar-refractivity contribution < 1.29 is 31.2 Å². The Morgan fingerprint density at radius 1 is 1.11 bits per heavy atom. The predicted molar refractivity (Wildman–Crippen MR) is 140 cm³/mol. The maximum atomic E-state index is 13.6. The Kier molecular flexibility index (Phi) is 9.35. The van der Waals surface area contributed by atoms with Gasteiger partial charge in [-0.1, -0.05) is 54.3 Å². The Labute approximate surface area is 226 Å². The van der Waals surface area contributed by atoms with Crippen LogP contribution in [0.1, 0.15) is 49.3 Å². The highest BCUT2D eigenvalue weighted by molar-refractivity contribution is 7.92. The van der Waals surface area contributed by atoms with Gasteiger partial charge >= 0.3 is 6.18 Å². The van der Waals surface area contributed by atoms with Gasteiger partial charge in [-0.3, -0.25) is 13.9 Å². The fraction of sp³-hybridized carbons (Fsp3) is 0.462. The van der Waals surface area contributed by atoms with Crippen LogP contribution < -0.4 is 9.62 Å². The third-order valence-corrected chi connectivity index (χ3v) is 8.01. The summed E-state index contributed by atoms with van der Waals surface area (Å²) in [6.07, 6.45) is -0.326. The zero-order chi connectivity index (χ0) is 28.3. The number of anilines is 1. The summed E-state index contributed by atoms with van der Waals surface area (Å²) in [6, 6.07) is 8.54. The molecule has 0 saturated heterocycles. The molecule has 0 heterocycles. The van der Waals surface area contributed by atoms with Crippen LogP contribution >= 0.6 is 11.6 Å². The molecule has 1 atom stereocenters. The van der Waals surface area contributed by atoms with Gasteiger partial charge in [0, 0.05) is 12.6 Å². The summed E-state index contributed by atoms with van der Waals surface area (Å²) in [4.78, 5) is 27.9. The summed E-state index contributed by atoms with van der Waals surface area (Å²) in [7, 11) is -4.24. The number of amides is 2. The molecule has 3 rings (SSSR count). The number of carbonyl (C=O) groups excluding carboxylic acids is 2. The summed E-state index contributed by atoms with van der Waals surface area (Å²) in [5.74, 6) is -1.15. The lowest BCUT2D eigenvalue weighted by atomic mass is 10.1. The quantitative estimate of drug-likeness (QED) is 0.462. The summed E-state index contributed by atoms with van der Waals surface area (Å²) >= 11 is 6.10. The van der Waals surface area contributed by atoms with E-state index in [-0.39, 0.29) is 23.5 Å². The standard InChI is InChI=1S/C26H31ClF3N3O4S/c1-17-8-10-19(11-9-17)15-32(18(2)25(35)31-21-6-4-5-7-21)24(34)16-33(38(3,36)37)23-14-20(26(28,29)30)12-13-22(23)27/h8-14,18,21H,4-7,15-16H2,1-3H3,(H,31,35)/t18-/m0/s1. The Morgan fingerprint density at radius 2 is 1.71 bits per heavy atom. The Bertz CT molecular complexity index is 1260. The van der Waals surface area contributed by atoms with Gasteiger partial charge in [-0.15, -0.1) is 0 Å². The first-order valence-corrected chi connectivity index (χ1v) is 14.4. The fourth-order valence-electron chi connectivity index (χ4n) is 4.34. The molecule has 0 unspecified atom stereocenters. The third kappa shape index (κ3) is 7.63. The van der Waals surface area contributed by atoms with Crippen molar-refractivity contribution in [2.45, 2.75) is 64.3 Å². The second-order valence-electron chi connectivity index (χ2n) is 9.61. The lowest BCUT2D eigenvalue weighted by molar-refractivity contribution is -0.139. The number of carbonyl (C=O) groups is 2. The van der Waals surface area contributed by atoms with E-state index < -0.39 is 45.9 Å². The molecule has 1 aliphatic carbocycles. The average molecular weight is 574 g/mol. The molecule has 38 heavy (non-hydrogen) atoms. The number of sulfonamides is 1. The first kappa shape index (κ1) is 29.8. The van der Waals surface area contributed by atoms with Crippen LogP contribution in [0.3, 0.4) is 0 Å². The van der Waals surface area contributed by atoms with Crippen molar-refractivity contribution in [3.05, 3.63) is 64.2 Å². The van der Waals surface area contributed by atoms with Gasteiger partial charge < -0.3 is 10.2 Å². The minimum absolute atomic E-state index is 0.00212. The molecule has 12 heteroatoms. The van der Waals surface area contributed by atoms with Crippen LogP contribution in [0.2, 0.25) is 5.02 Å². The van der Waals surface area contributed by atoms with Crippen LogP contribution in [-0.4, -0.2) is 50.0 Å². The molecule has 2 aromatic carbocycles. The van der Waals surface area contributed by atoms with Crippen LogP contribution in [0.15, 0.2) is 42.5 Å². The molecular weight excluding hydrogens is 543 g/mol. The van der Waals surface area contributed by atoms with Crippen molar-refractivity contribution in [3.8, 4) is 0 Å². The fourth-order valence-corrected chi connectivity index (χ4v) is 5.46. The number of rotatable bonds is 9. The highest BCUT2D eigenvalue weighted by atomic mass is 35.5. The smallest absolute Gasteiger partial charge is 0.352 e. The first-order valence-electron chi connectivity index (χ1n) is 12.2. The number of aryl methyl sites for hydroxylation is 1. The summed E-state index contributed by atoms with van der Waals surface area (Å²) in [5.41, 5.74) is 0.100. The molecule has 208 valence electrons. The molecule has 0 aliphatic heterocycles. The Balaban J connectivity index is 1.95. The van der Waals surface area contributed by atoms with Crippen LogP contribution in [0, 0.1) is 6.92 Å². The number of nitrogens with one attached hydrogen (secondary N) is 1. The van der Waals surface area contributed by atoms with Crippen LogP contribution in [0.5, 0.6) is 0 Å². The molecule has 7 nitrogen and oxygen atoms in total. The zero-order valence-corrected chi connectivity index (χ0v) is 23.0. The van der Waals surface area contributed by atoms with Crippen molar-refractivity contribution in [2.75, 3.05) is 17.1 Å². The molecule has 2 aromatic rings. The maximum absolute atomic E-state index is 13.6. The molecule has 0 aromatic heterocycles. The van der Waals surface area contributed by atoms with Crippen molar-refractivity contribution in [2.24, 2.45) is 0 Å². The normalized spacial score (nSPS) is 15.2. The molecule has 1 fully saturated rings. The molecule has 2 amide bonds. The van der Waals surface area contributed by atoms with E-state index in [0.29, 0.717) is 15.9 Å². The lowest BCUT2D eigenvalue weighted by Gasteiger charge is -2.32.